The van der Waals surface area contributed by atoms with E-state index < -0.39 is 0 Å². The van der Waals surface area contributed by atoms with Crippen LogP contribution in [0.25, 0.3) is 5.57 Å². The predicted octanol–water partition coefficient (Wildman–Crippen LogP) is 0.633. The molecule has 0 aliphatic heterocycles. The molecule has 0 radical (unpaired) electrons. The van der Waals surface area contributed by atoms with E-state index in [9.17, 15) is 0 Å². The van der Waals surface area contributed by atoms with Crippen molar-refractivity contribution in [1.29, 1.82) is 0 Å². The second-order valence-corrected chi connectivity index (χ2v) is 2.07. The van der Waals surface area contributed by atoms with Crippen molar-refractivity contribution < 1.29 is 0 Å². The molecule has 54 valence electrons. The van der Waals surface area contributed by atoms with Gasteiger partial charge in [-0.2, -0.15) is 4.80 Å². The number of hydrogen-bond acceptors (Lipinski definition) is 3. The average Bonchev–Trinajstić information content (AvgIpc) is 2.34. The molecular weight excluding hydrogens is 128 g/mol. The number of rotatable bonds is 1. The number of aryl methyl sites for hydroxylation is 1. The smallest absolute Gasteiger partial charge is 0.167 e. The van der Waals surface area contributed by atoms with E-state index >= 15 is 0 Å². The Morgan fingerprint density at radius 1 is 1.60 bits per heavy atom. The summed E-state index contributed by atoms with van der Waals surface area (Å²) in [4.78, 5) is 1.45. The monoisotopic (exact) mass is 138 g/mol. The van der Waals surface area contributed by atoms with Crippen molar-refractivity contribution in [2.24, 2.45) is 7.05 Å². The zero-order valence-electron chi connectivity index (χ0n) is 6.37. The number of tetrazole rings is 1. The number of nitrogens with zero attached hydrogens (tertiary/aromatic N) is 4. The molecule has 1 aromatic heterocycles. The van der Waals surface area contributed by atoms with Crippen molar-refractivity contribution in [3.63, 3.8) is 0 Å². The Kier molecular flexibility index (Phi) is 1.80. The molecule has 0 aliphatic rings. The topological polar surface area (TPSA) is 43.6 Å². The Hall–Kier alpha value is -1.19. The molecular formula is C6H10N4. The van der Waals surface area contributed by atoms with Gasteiger partial charge in [0.25, 0.3) is 0 Å². The maximum absolute atomic E-state index is 4.01. The summed E-state index contributed by atoms with van der Waals surface area (Å²) in [7, 11) is 1.75. The summed E-state index contributed by atoms with van der Waals surface area (Å²) in [6, 6.07) is 0. The number of allylic oxidation sites excluding steroid dienone is 2. The minimum Gasteiger partial charge on any atom is -0.167 e. The van der Waals surface area contributed by atoms with Gasteiger partial charge in [-0.1, -0.05) is 6.08 Å². The molecule has 0 saturated heterocycles. The first kappa shape index (κ1) is 6.92. The van der Waals surface area contributed by atoms with Crippen LogP contribution in [0.4, 0.5) is 0 Å². The summed E-state index contributed by atoms with van der Waals surface area (Å²) in [5.74, 6) is 0.699. The minimum absolute atomic E-state index is 0.699. The van der Waals surface area contributed by atoms with Gasteiger partial charge in [-0.05, 0) is 24.6 Å². The zero-order valence-corrected chi connectivity index (χ0v) is 6.37. The van der Waals surface area contributed by atoms with Crippen LogP contribution < -0.4 is 0 Å². The summed E-state index contributed by atoms with van der Waals surface area (Å²) in [6.07, 6.45) is 1.96. The summed E-state index contributed by atoms with van der Waals surface area (Å²) < 4.78 is 0. The van der Waals surface area contributed by atoms with Gasteiger partial charge in [0.2, 0.25) is 0 Å². The third-order valence-corrected chi connectivity index (χ3v) is 1.29. The quantitative estimate of drug-likeness (QED) is 0.571. The normalized spacial score (nSPS) is 12.1. The molecule has 0 amide bonds. The average molecular weight is 138 g/mol. The number of aromatic nitrogens is 4. The second kappa shape index (κ2) is 2.60. The van der Waals surface area contributed by atoms with Crippen molar-refractivity contribution in [1.82, 2.24) is 20.2 Å². The van der Waals surface area contributed by atoms with Crippen molar-refractivity contribution in [2.75, 3.05) is 0 Å². The van der Waals surface area contributed by atoms with Crippen LogP contribution in [-0.2, 0) is 7.05 Å². The molecule has 0 bridgehead atoms. The van der Waals surface area contributed by atoms with Crippen molar-refractivity contribution >= 4 is 5.57 Å². The highest BCUT2D eigenvalue weighted by Crippen LogP contribution is 2.03. The van der Waals surface area contributed by atoms with Gasteiger partial charge in [0, 0.05) is 0 Å². The molecule has 0 N–H and O–H groups in total. The molecule has 0 atom stereocenters. The maximum Gasteiger partial charge on any atom is 0.200 e. The fourth-order valence-electron chi connectivity index (χ4n) is 0.571. The lowest BCUT2D eigenvalue weighted by Gasteiger charge is -1.86. The van der Waals surface area contributed by atoms with Gasteiger partial charge in [-0.25, -0.2) is 0 Å². The van der Waals surface area contributed by atoms with E-state index in [1.165, 1.54) is 4.80 Å². The van der Waals surface area contributed by atoms with Gasteiger partial charge in [0.05, 0.1) is 7.05 Å². The first-order valence-electron chi connectivity index (χ1n) is 3.11. The van der Waals surface area contributed by atoms with Gasteiger partial charge in [-0.15, -0.1) is 10.2 Å². The van der Waals surface area contributed by atoms with Crippen LogP contribution in [0.1, 0.15) is 19.7 Å². The maximum atomic E-state index is 4.01. The molecule has 1 aromatic rings. The highest BCUT2D eigenvalue weighted by molar-refractivity contribution is 5.55. The molecule has 4 nitrogen and oxygen atoms in total. The molecule has 0 aliphatic carbocycles. The van der Waals surface area contributed by atoms with Crippen molar-refractivity contribution in [3.05, 3.63) is 11.9 Å². The SMILES string of the molecule is C/C=C(\C)c1nnn(C)n1. The first-order chi connectivity index (χ1) is 4.74. The van der Waals surface area contributed by atoms with E-state index in [0.29, 0.717) is 5.82 Å². The van der Waals surface area contributed by atoms with E-state index in [1.807, 2.05) is 19.9 Å². The van der Waals surface area contributed by atoms with Gasteiger partial charge >= 0.3 is 0 Å². The lowest BCUT2D eigenvalue weighted by atomic mass is 10.3. The van der Waals surface area contributed by atoms with Crippen LogP contribution in [-0.4, -0.2) is 20.2 Å². The van der Waals surface area contributed by atoms with Crippen LogP contribution in [0.3, 0.4) is 0 Å². The third kappa shape index (κ3) is 1.21. The molecule has 10 heavy (non-hydrogen) atoms. The van der Waals surface area contributed by atoms with Crippen molar-refractivity contribution in [3.8, 4) is 0 Å². The molecule has 0 spiro atoms. The Morgan fingerprint density at radius 2 is 2.30 bits per heavy atom. The first-order valence-corrected chi connectivity index (χ1v) is 3.11. The Labute approximate surface area is 59.5 Å². The summed E-state index contributed by atoms with van der Waals surface area (Å²) in [6.45, 7) is 3.91. The largest absolute Gasteiger partial charge is 0.200 e. The lowest BCUT2D eigenvalue weighted by molar-refractivity contribution is 0.629. The predicted molar refractivity (Wildman–Crippen MR) is 38.1 cm³/mol. The lowest BCUT2D eigenvalue weighted by Crippen LogP contribution is -1.92. The zero-order chi connectivity index (χ0) is 7.56. The summed E-state index contributed by atoms with van der Waals surface area (Å²) >= 11 is 0. The highest BCUT2D eigenvalue weighted by Gasteiger charge is 1.99. The van der Waals surface area contributed by atoms with Crippen LogP contribution >= 0.6 is 0 Å². The molecule has 4 heteroatoms. The van der Waals surface area contributed by atoms with Crippen LogP contribution in [0.15, 0.2) is 6.08 Å². The molecule has 0 unspecified atom stereocenters. The molecule has 0 aromatic carbocycles. The molecule has 0 fully saturated rings. The van der Waals surface area contributed by atoms with Crippen LogP contribution in [0.2, 0.25) is 0 Å². The van der Waals surface area contributed by atoms with Crippen molar-refractivity contribution in [2.45, 2.75) is 13.8 Å². The van der Waals surface area contributed by atoms with Gasteiger partial charge in [-0.3, -0.25) is 0 Å². The summed E-state index contributed by atoms with van der Waals surface area (Å²) in [5, 5.41) is 11.5. The van der Waals surface area contributed by atoms with E-state index in [-0.39, 0.29) is 0 Å². The summed E-state index contributed by atoms with van der Waals surface area (Å²) in [5.41, 5.74) is 1.05. The molecule has 1 rings (SSSR count). The van der Waals surface area contributed by atoms with Gasteiger partial charge in [0.1, 0.15) is 0 Å². The fraction of sp³-hybridized carbons (Fsp3) is 0.500. The Balaban J connectivity index is 2.95. The Bertz CT molecular complexity index is 248. The van der Waals surface area contributed by atoms with E-state index in [4.69, 9.17) is 0 Å². The minimum atomic E-state index is 0.699. The molecule has 0 saturated carbocycles. The van der Waals surface area contributed by atoms with Crippen LogP contribution in [0.5, 0.6) is 0 Å². The van der Waals surface area contributed by atoms with Gasteiger partial charge < -0.3 is 0 Å². The number of hydrogen-bond donors (Lipinski definition) is 0. The molecule has 1 heterocycles. The van der Waals surface area contributed by atoms with E-state index in [2.05, 4.69) is 15.4 Å². The Morgan fingerprint density at radius 3 is 2.70 bits per heavy atom. The highest BCUT2D eigenvalue weighted by atomic mass is 15.6. The van der Waals surface area contributed by atoms with Gasteiger partial charge in [0.15, 0.2) is 5.82 Å². The van der Waals surface area contributed by atoms with E-state index in [0.717, 1.165) is 5.57 Å². The second-order valence-electron chi connectivity index (χ2n) is 2.07. The van der Waals surface area contributed by atoms with Crippen LogP contribution in [0, 0.1) is 0 Å². The third-order valence-electron chi connectivity index (χ3n) is 1.29. The standard InChI is InChI=1S/C6H10N4/c1-4-5(2)6-7-9-10(3)8-6/h4H,1-3H3/b5-4+. The van der Waals surface area contributed by atoms with E-state index in [1.54, 1.807) is 7.05 Å². The fourth-order valence-corrected chi connectivity index (χ4v) is 0.571.